The Bertz CT molecular complexity index is 1370. The molecule has 3 aromatic carbocycles. The fourth-order valence-corrected chi connectivity index (χ4v) is 3.59. The summed E-state index contributed by atoms with van der Waals surface area (Å²) in [5.74, 6) is -0.476. The van der Waals surface area contributed by atoms with E-state index in [1.807, 2.05) is 18.2 Å². The first-order valence-corrected chi connectivity index (χ1v) is 10.3. The fourth-order valence-electron chi connectivity index (χ4n) is 3.00. The number of hydrogen-bond acceptors (Lipinski definition) is 4. The third-order valence-electron chi connectivity index (χ3n) is 4.50. The number of para-hydroxylation sites is 1. The van der Waals surface area contributed by atoms with Crippen LogP contribution in [0.3, 0.4) is 0 Å². The van der Waals surface area contributed by atoms with Crippen molar-refractivity contribution in [1.82, 2.24) is 5.32 Å². The lowest BCUT2D eigenvalue weighted by atomic mass is 10.1. The van der Waals surface area contributed by atoms with Gasteiger partial charge < -0.3 is 9.73 Å². The molecule has 0 radical (unpaired) electrons. The molecule has 0 spiro atoms. The maximum Gasteiger partial charge on any atom is 0.344 e. The van der Waals surface area contributed by atoms with Gasteiger partial charge in [0.25, 0.3) is 5.91 Å². The summed E-state index contributed by atoms with van der Waals surface area (Å²) in [6.45, 7) is 0. The molecule has 4 aromatic rings. The van der Waals surface area contributed by atoms with Crippen molar-refractivity contribution in [3.63, 3.8) is 0 Å². The SMILES string of the molecule is O=C(NC(=S)Nc1ccc(-c2cc3ccccc3oc2=O)cc1)c1cc(Cl)ccc1Cl. The van der Waals surface area contributed by atoms with Crippen LogP contribution in [-0.4, -0.2) is 11.0 Å². The Balaban J connectivity index is 1.48. The van der Waals surface area contributed by atoms with E-state index in [2.05, 4.69) is 10.6 Å². The van der Waals surface area contributed by atoms with Crippen LogP contribution in [0.15, 0.2) is 82.0 Å². The van der Waals surface area contributed by atoms with Gasteiger partial charge in [-0.15, -0.1) is 0 Å². The van der Waals surface area contributed by atoms with Crippen LogP contribution in [0.5, 0.6) is 0 Å². The zero-order valence-corrected chi connectivity index (χ0v) is 18.1. The highest BCUT2D eigenvalue weighted by Gasteiger charge is 2.13. The average Bonchev–Trinajstić information content (AvgIpc) is 2.75. The van der Waals surface area contributed by atoms with Crippen molar-refractivity contribution in [2.24, 2.45) is 0 Å². The van der Waals surface area contributed by atoms with Crippen LogP contribution in [0.1, 0.15) is 10.4 Å². The summed E-state index contributed by atoms with van der Waals surface area (Å²) in [5, 5.41) is 7.07. The molecule has 0 saturated carbocycles. The molecule has 1 amide bonds. The smallest absolute Gasteiger partial charge is 0.344 e. The monoisotopic (exact) mass is 468 g/mol. The Morgan fingerprint density at radius 2 is 1.68 bits per heavy atom. The van der Waals surface area contributed by atoms with Crippen LogP contribution in [0, 0.1) is 0 Å². The minimum Gasteiger partial charge on any atom is -0.422 e. The van der Waals surface area contributed by atoms with Gasteiger partial charge in [-0.25, -0.2) is 4.79 Å². The molecule has 8 heteroatoms. The van der Waals surface area contributed by atoms with Crippen molar-refractivity contribution in [1.29, 1.82) is 0 Å². The van der Waals surface area contributed by atoms with E-state index < -0.39 is 11.5 Å². The van der Waals surface area contributed by atoms with Crippen LogP contribution in [0.4, 0.5) is 5.69 Å². The molecule has 0 aliphatic rings. The minimum absolute atomic E-state index is 0.0963. The molecule has 0 atom stereocenters. The number of halogens is 2. The third kappa shape index (κ3) is 4.77. The highest BCUT2D eigenvalue weighted by Crippen LogP contribution is 2.23. The van der Waals surface area contributed by atoms with Crippen molar-refractivity contribution >= 4 is 63.1 Å². The maximum atomic E-state index is 12.4. The topological polar surface area (TPSA) is 71.3 Å². The lowest BCUT2D eigenvalue weighted by molar-refractivity contribution is 0.0978. The molecule has 0 unspecified atom stereocenters. The second kappa shape index (κ2) is 8.89. The summed E-state index contributed by atoms with van der Waals surface area (Å²) in [7, 11) is 0. The van der Waals surface area contributed by atoms with Crippen LogP contribution in [0.25, 0.3) is 22.1 Å². The summed E-state index contributed by atoms with van der Waals surface area (Å²) in [6.07, 6.45) is 0. The minimum atomic E-state index is -0.476. The Morgan fingerprint density at radius 3 is 2.45 bits per heavy atom. The Morgan fingerprint density at radius 1 is 0.935 bits per heavy atom. The van der Waals surface area contributed by atoms with Gasteiger partial charge in [0.2, 0.25) is 0 Å². The first kappa shape index (κ1) is 21.1. The molecule has 0 saturated heterocycles. The lowest BCUT2D eigenvalue weighted by Gasteiger charge is -2.11. The number of fused-ring (bicyclic) bond motifs is 1. The number of anilines is 1. The van der Waals surface area contributed by atoms with E-state index in [1.54, 1.807) is 42.5 Å². The molecule has 2 N–H and O–H groups in total. The van der Waals surface area contributed by atoms with Gasteiger partial charge in [0.05, 0.1) is 16.1 Å². The highest BCUT2D eigenvalue weighted by atomic mass is 35.5. The molecule has 31 heavy (non-hydrogen) atoms. The molecular weight excluding hydrogens is 455 g/mol. The highest BCUT2D eigenvalue weighted by molar-refractivity contribution is 7.80. The first-order chi connectivity index (χ1) is 14.9. The van der Waals surface area contributed by atoms with Gasteiger partial charge >= 0.3 is 5.63 Å². The zero-order valence-electron chi connectivity index (χ0n) is 15.8. The van der Waals surface area contributed by atoms with E-state index >= 15 is 0 Å². The van der Waals surface area contributed by atoms with E-state index in [0.29, 0.717) is 27.4 Å². The summed E-state index contributed by atoms with van der Waals surface area (Å²) in [5.41, 5.74) is 2.13. The molecule has 154 valence electrons. The van der Waals surface area contributed by atoms with Crippen molar-refractivity contribution in [2.45, 2.75) is 0 Å². The zero-order chi connectivity index (χ0) is 22.0. The van der Waals surface area contributed by atoms with Gasteiger partial charge in [-0.1, -0.05) is 53.5 Å². The molecule has 4 rings (SSSR count). The summed E-state index contributed by atoms with van der Waals surface area (Å²) < 4.78 is 5.39. The number of benzene rings is 3. The number of amides is 1. The average molecular weight is 469 g/mol. The predicted octanol–water partition coefficient (Wildman–Crippen LogP) is 5.89. The predicted molar refractivity (Wildman–Crippen MR) is 128 cm³/mol. The molecular formula is C23H14Cl2N2O3S. The maximum absolute atomic E-state index is 12.4. The molecule has 0 aliphatic heterocycles. The van der Waals surface area contributed by atoms with Gasteiger partial charge in [-0.3, -0.25) is 10.1 Å². The number of rotatable bonds is 3. The van der Waals surface area contributed by atoms with Crippen LogP contribution in [0.2, 0.25) is 10.0 Å². The van der Waals surface area contributed by atoms with E-state index in [1.165, 1.54) is 12.1 Å². The van der Waals surface area contributed by atoms with E-state index in [4.69, 9.17) is 39.8 Å². The summed E-state index contributed by atoms with van der Waals surface area (Å²) >= 11 is 17.2. The molecule has 1 heterocycles. The van der Waals surface area contributed by atoms with Gasteiger partial charge in [0.15, 0.2) is 5.11 Å². The number of hydrogen-bond donors (Lipinski definition) is 2. The molecule has 0 aliphatic carbocycles. The van der Waals surface area contributed by atoms with Crippen molar-refractivity contribution in [2.75, 3.05) is 5.32 Å². The van der Waals surface area contributed by atoms with Gasteiger partial charge in [0.1, 0.15) is 5.58 Å². The van der Waals surface area contributed by atoms with Crippen molar-refractivity contribution < 1.29 is 9.21 Å². The second-order valence-electron chi connectivity index (χ2n) is 6.60. The lowest BCUT2D eigenvalue weighted by Crippen LogP contribution is -2.34. The number of nitrogens with one attached hydrogen (secondary N) is 2. The Kier molecular flexibility index (Phi) is 6.04. The number of thiocarbonyl (C=S) groups is 1. The largest absolute Gasteiger partial charge is 0.422 e. The fraction of sp³-hybridized carbons (Fsp3) is 0. The number of carbonyl (C=O) groups excluding carboxylic acids is 1. The van der Waals surface area contributed by atoms with Crippen LogP contribution < -0.4 is 16.3 Å². The quantitative estimate of drug-likeness (QED) is 0.289. The molecule has 1 aromatic heterocycles. The van der Waals surface area contributed by atoms with E-state index in [-0.39, 0.29) is 15.7 Å². The van der Waals surface area contributed by atoms with Gasteiger partial charge in [-0.05, 0) is 60.2 Å². The Hall–Kier alpha value is -3.19. The third-order valence-corrected chi connectivity index (χ3v) is 5.26. The number of carbonyl (C=O) groups is 1. The van der Waals surface area contributed by atoms with Crippen molar-refractivity contribution in [3.05, 3.63) is 98.8 Å². The van der Waals surface area contributed by atoms with Crippen LogP contribution >= 0.6 is 35.4 Å². The van der Waals surface area contributed by atoms with Gasteiger partial charge in [0, 0.05) is 16.1 Å². The first-order valence-electron chi connectivity index (χ1n) is 9.11. The van der Waals surface area contributed by atoms with E-state index in [0.717, 1.165) is 5.39 Å². The molecule has 0 bridgehead atoms. The standard InChI is InChI=1S/C23H14Cl2N2O3S/c24-15-7-10-19(25)18(12-15)21(28)27-23(31)26-16-8-5-13(6-9-16)17-11-14-3-1-2-4-20(14)30-22(17)29/h1-12H,(H2,26,27,28,31). The molecule has 5 nitrogen and oxygen atoms in total. The summed E-state index contributed by atoms with van der Waals surface area (Å²) in [4.78, 5) is 24.7. The van der Waals surface area contributed by atoms with Crippen LogP contribution in [-0.2, 0) is 0 Å². The van der Waals surface area contributed by atoms with Crippen molar-refractivity contribution in [3.8, 4) is 11.1 Å². The van der Waals surface area contributed by atoms with E-state index in [9.17, 15) is 9.59 Å². The normalized spacial score (nSPS) is 10.6. The Labute approximate surface area is 192 Å². The second-order valence-corrected chi connectivity index (χ2v) is 7.85. The molecule has 0 fully saturated rings. The van der Waals surface area contributed by atoms with Gasteiger partial charge in [-0.2, -0.15) is 0 Å². The summed E-state index contributed by atoms with van der Waals surface area (Å²) in [6, 6.07) is 20.7.